The summed E-state index contributed by atoms with van der Waals surface area (Å²) >= 11 is 0. The van der Waals surface area contributed by atoms with Gasteiger partial charge in [-0.3, -0.25) is 9.59 Å². The van der Waals surface area contributed by atoms with Crippen LogP contribution in [0, 0.1) is 11.8 Å². The van der Waals surface area contributed by atoms with Crippen LogP contribution in [0.4, 0.5) is 0 Å². The van der Waals surface area contributed by atoms with Crippen LogP contribution in [-0.2, 0) is 24.2 Å². The first-order valence-corrected chi connectivity index (χ1v) is 6.30. The van der Waals surface area contributed by atoms with Crippen molar-refractivity contribution in [3.8, 4) is 0 Å². The smallest absolute Gasteiger partial charge is 0.306 e. The van der Waals surface area contributed by atoms with Gasteiger partial charge in [0.2, 0.25) is 0 Å². The van der Waals surface area contributed by atoms with E-state index in [9.17, 15) is 9.59 Å². The van der Waals surface area contributed by atoms with E-state index >= 15 is 0 Å². The third-order valence-corrected chi connectivity index (χ3v) is 3.25. The van der Waals surface area contributed by atoms with E-state index in [0.717, 1.165) is 11.3 Å². The Morgan fingerprint density at radius 3 is 2.94 bits per heavy atom. The number of fused-ring (bicyclic) bond motifs is 1. The summed E-state index contributed by atoms with van der Waals surface area (Å²) < 4.78 is 1.49. The van der Waals surface area contributed by atoms with E-state index in [-0.39, 0.29) is 11.5 Å². The molecular weight excluding hydrogens is 232 g/mol. The number of carboxylic acids is 1. The molecule has 0 unspecified atom stereocenters. The maximum Gasteiger partial charge on any atom is 0.306 e. The first-order chi connectivity index (χ1) is 8.47. The van der Waals surface area contributed by atoms with E-state index in [4.69, 9.17) is 5.11 Å². The van der Waals surface area contributed by atoms with E-state index in [1.54, 1.807) is 6.07 Å². The van der Waals surface area contributed by atoms with Crippen molar-refractivity contribution in [1.82, 2.24) is 9.78 Å². The van der Waals surface area contributed by atoms with Crippen molar-refractivity contribution in [3.05, 3.63) is 27.7 Å². The predicted molar refractivity (Wildman–Crippen MR) is 66.5 cm³/mol. The molecule has 1 aromatic rings. The van der Waals surface area contributed by atoms with E-state index in [1.165, 1.54) is 4.68 Å². The fourth-order valence-electron chi connectivity index (χ4n) is 2.32. The zero-order valence-electron chi connectivity index (χ0n) is 10.7. The van der Waals surface area contributed by atoms with Crippen LogP contribution in [0.25, 0.3) is 0 Å². The van der Waals surface area contributed by atoms with Gasteiger partial charge in [-0.25, -0.2) is 4.68 Å². The van der Waals surface area contributed by atoms with Gasteiger partial charge >= 0.3 is 5.97 Å². The third-order valence-electron chi connectivity index (χ3n) is 3.25. The number of aliphatic carboxylic acids is 1. The number of hydrogen-bond donors (Lipinski definition) is 1. The Bertz CT molecular complexity index is 519. The lowest BCUT2D eigenvalue weighted by Crippen LogP contribution is -2.31. The zero-order chi connectivity index (χ0) is 13.3. The van der Waals surface area contributed by atoms with E-state index in [0.29, 0.717) is 31.7 Å². The van der Waals surface area contributed by atoms with Gasteiger partial charge < -0.3 is 5.11 Å². The van der Waals surface area contributed by atoms with Gasteiger partial charge in [0.25, 0.3) is 5.56 Å². The van der Waals surface area contributed by atoms with Gasteiger partial charge in [-0.05, 0) is 30.7 Å². The number of carboxylic acid groups (broad SMARTS) is 1. The molecule has 1 aliphatic rings. The average molecular weight is 250 g/mol. The quantitative estimate of drug-likeness (QED) is 0.871. The maximum atomic E-state index is 11.9. The van der Waals surface area contributed by atoms with E-state index < -0.39 is 5.97 Å². The van der Waals surface area contributed by atoms with Crippen molar-refractivity contribution in [2.75, 3.05) is 0 Å². The minimum atomic E-state index is -0.785. The van der Waals surface area contributed by atoms with Gasteiger partial charge in [0.05, 0.1) is 11.6 Å². The van der Waals surface area contributed by atoms with Crippen molar-refractivity contribution in [3.63, 3.8) is 0 Å². The minimum absolute atomic E-state index is 0.131. The van der Waals surface area contributed by atoms with Gasteiger partial charge in [0, 0.05) is 12.6 Å². The fraction of sp³-hybridized carbons (Fsp3) is 0.615. The zero-order valence-corrected chi connectivity index (χ0v) is 10.7. The molecule has 98 valence electrons. The maximum absolute atomic E-state index is 11.9. The summed E-state index contributed by atoms with van der Waals surface area (Å²) in [7, 11) is 0. The molecule has 0 fully saturated rings. The highest BCUT2D eigenvalue weighted by molar-refractivity contribution is 5.70. The number of aromatic nitrogens is 2. The standard InChI is InChI=1S/C13H18N2O3/c1-8(2)7-15-12(16)6-10-5-9(13(17)18)3-4-11(10)14-15/h6,8-9H,3-5,7H2,1-2H3,(H,17,18)/t9-/m0/s1. The van der Waals surface area contributed by atoms with Crippen LogP contribution in [0.1, 0.15) is 31.5 Å². The topological polar surface area (TPSA) is 72.2 Å². The van der Waals surface area contributed by atoms with Crippen LogP contribution in [0.15, 0.2) is 10.9 Å². The Morgan fingerprint density at radius 2 is 2.33 bits per heavy atom. The molecule has 0 saturated heterocycles. The molecule has 0 amide bonds. The Kier molecular flexibility index (Phi) is 3.50. The number of carbonyl (C=O) groups is 1. The van der Waals surface area contributed by atoms with Crippen LogP contribution in [0.5, 0.6) is 0 Å². The van der Waals surface area contributed by atoms with Gasteiger partial charge in [-0.1, -0.05) is 13.8 Å². The van der Waals surface area contributed by atoms with Crippen LogP contribution < -0.4 is 5.56 Å². The summed E-state index contributed by atoms with van der Waals surface area (Å²) in [6, 6.07) is 1.56. The molecule has 1 N–H and O–H groups in total. The Balaban J connectivity index is 2.30. The van der Waals surface area contributed by atoms with Crippen LogP contribution in [0.2, 0.25) is 0 Å². The second-order valence-corrected chi connectivity index (χ2v) is 5.31. The van der Waals surface area contributed by atoms with Gasteiger partial charge in [0.1, 0.15) is 0 Å². The van der Waals surface area contributed by atoms with E-state index in [2.05, 4.69) is 5.10 Å². The molecule has 1 aromatic heterocycles. The minimum Gasteiger partial charge on any atom is -0.481 e. The molecule has 5 heteroatoms. The summed E-state index contributed by atoms with van der Waals surface area (Å²) in [6.07, 6.45) is 1.68. The van der Waals surface area contributed by atoms with Crippen molar-refractivity contribution < 1.29 is 9.90 Å². The average Bonchev–Trinajstić information content (AvgIpc) is 2.28. The lowest BCUT2D eigenvalue weighted by Gasteiger charge is -2.21. The summed E-state index contributed by atoms with van der Waals surface area (Å²) in [5.74, 6) is -0.796. The number of rotatable bonds is 3. The lowest BCUT2D eigenvalue weighted by atomic mass is 9.87. The predicted octanol–water partition coefficient (Wildman–Crippen LogP) is 1.09. The molecule has 0 radical (unpaired) electrons. The van der Waals surface area contributed by atoms with Gasteiger partial charge in [0.15, 0.2) is 0 Å². The van der Waals surface area contributed by atoms with Gasteiger partial charge in [-0.2, -0.15) is 5.10 Å². The number of nitrogens with zero attached hydrogens (tertiary/aromatic N) is 2. The molecule has 2 rings (SSSR count). The molecule has 0 bridgehead atoms. The third kappa shape index (κ3) is 2.60. The van der Waals surface area contributed by atoms with Crippen LogP contribution in [-0.4, -0.2) is 20.9 Å². The number of hydrogen-bond acceptors (Lipinski definition) is 3. The van der Waals surface area contributed by atoms with Crippen molar-refractivity contribution in [2.24, 2.45) is 11.8 Å². The molecule has 0 aromatic carbocycles. The highest BCUT2D eigenvalue weighted by atomic mass is 16.4. The first-order valence-electron chi connectivity index (χ1n) is 6.30. The van der Waals surface area contributed by atoms with Crippen molar-refractivity contribution in [2.45, 2.75) is 39.7 Å². The van der Waals surface area contributed by atoms with Gasteiger partial charge in [-0.15, -0.1) is 0 Å². The second kappa shape index (κ2) is 4.92. The Labute approximate surface area is 105 Å². The summed E-state index contributed by atoms with van der Waals surface area (Å²) in [5.41, 5.74) is 1.56. The summed E-state index contributed by atoms with van der Waals surface area (Å²) in [5, 5.41) is 13.4. The first kappa shape index (κ1) is 12.8. The highest BCUT2D eigenvalue weighted by Crippen LogP contribution is 2.23. The molecule has 18 heavy (non-hydrogen) atoms. The fourth-order valence-corrected chi connectivity index (χ4v) is 2.32. The van der Waals surface area contributed by atoms with E-state index in [1.807, 2.05) is 13.8 Å². The number of aryl methyl sites for hydroxylation is 1. The highest BCUT2D eigenvalue weighted by Gasteiger charge is 2.25. The summed E-state index contributed by atoms with van der Waals surface area (Å²) in [6.45, 7) is 4.68. The molecule has 1 aliphatic carbocycles. The normalized spacial score (nSPS) is 18.7. The molecule has 5 nitrogen and oxygen atoms in total. The second-order valence-electron chi connectivity index (χ2n) is 5.31. The van der Waals surface area contributed by atoms with Crippen molar-refractivity contribution >= 4 is 5.97 Å². The molecular formula is C13H18N2O3. The Hall–Kier alpha value is -1.65. The summed E-state index contributed by atoms with van der Waals surface area (Å²) in [4.78, 5) is 22.8. The molecule has 0 spiro atoms. The van der Waals surface area contributed by atoms with Crippen molar-refractivity contribution in [1.29, 1.82) is 0 Å². The molecule has 0 saturated carbocycles. The SMILES string of the molecule is CC(C)Cn1nc2c(cc1=O)C[C@@H](C(=O)O)CC2. The molecule has 1 atom stereocenters. The largest absolute Gasteiger partial charge is 0.481 e. The molecule has 0 aliphatic heterocycles. The molecule has 1 heterocycles. The van der Waals surface area contributed by atoms with Crippen LogP contribution in [0.3, 0.4) is 0 Å². The lowest BCUT2D eigenvalue weighted by molar-refractivity contribution is -0.142. The van der Waals surface area contributed by atoms with Crippen LogP contribution >= 0.6 is 0 Å². The monoisotopic (exact) mass is 250 g/mol. The Morgan fingerprint density at radius 1 is 1.61 bits per heavy atom.